The maximum atomic E-state index is 12.5. The van der Waals surface area contributed by atoms with Crippen LogP contribution in [0.1, 0.15) is 15.2 Å². The third-order valence-electron chi connectivity index (χ3n) is 3.15. The smallest absolute Gasteiger partial charge is 0.380 e. The molecule has 130 valence electrons. The van der Waals surface area contributed by atoms with E-state index in [4.69, 9.17) is 4.11 Å². The van der Waals surface area contributed by atoms with E-state index in [0.717, 1.165) is 12.1 Å². The van der Waals surface area contributed by atoms with Crippen molar-refractivity contribution in [2.24, 2.45) is 0 Å². The Bertz CT molecular complexity index is 917. The van der Waals surface area contributed by atoms with Crippen molar-refractivity contribution in [3.63, 3.8) is 0 Å². The Hall–Kier alpha value is -1.58. The minimum atomic E-state index is -4.40. The molecule has 0 unspecified atom stereocenters. The van der Waals surface area contributed by atoms with E-state index in [0.29, 0.717) is 15.7 Å². The van der Waals surface area contributed by atoms with Gasteiger partial charge < -0.3 is 5.32 Å². The van der Waals surface area contributed by atoms with Gasteiger partial charge in [0.2, 0.25) is 10.0 Å². The van der Waals surface area contributed by atoms with Gasteiger partial charge in [-0.3, -0.25) is 0 Å². The summed E-state index contributed by atoms with van der Waals surface area (Å²) >= 11 is 3.19. The maximum absolute atomic E-state index is 12.5. The summed E-state index contributed by atoms with van der Waals surface area (Å²) in [5, 5.41) is 2.96. The molecule has 9 heteroatoms. The van der Waals surface area contributed by atoms with Crippen molar-refractivity contribution in [2.45, 2.75) is 17.6 Å². The number of anilines is 1. The zero-order chi connectivity index (χ0) is 20.5. The van der Waals surface area contributed by atoms with Gasteiger partial charge in [-0.25, -0.2) is 13.1 Å². The van der Waals surface area contributed by atoms with Crippen LogP contribution < -0.4 is 10.0 Å². The second kappa shape index (κ2) is 7.12. The minimum Gasteiger partial charge on any atom is -0.380 e. The Kier molecular flexibility index (Phi) is 4.37. The van der Waals surface area contributed by atoms with E-state index in [-0.39, 0.29) is 11.4 Å². The predicted molar refractivity (Wildman–Crippen MR) is 89.2 cm³/mol. The molecule has 24 heavy (non-hydrogen) atoms. The van der Waals surface area contributed by atoms with E-state index >= 15 is 0 Å². The van der Waals surface area contributed by atoms with Crippen LogP contribution in [0.15, 0.2) is 51.8 Å². The summed E-state index contributed by atoms with van der Waals surface area (Å²) in [6, 6.07) is 8.48. The summed E-state index contributed by atoms with van der Waals surface area (Å²) in [6.45, 7) is -2.65. The van der Waals surface area contributed by atoms with Crippen molar-refractivity contribution in [1.82, 2.24) is 4.72 Å². The van der Waals surface area contributed by atoms with Crippen molar-refractivity contribution in [3.8, 4) is 0 Å². The summed E-state index contributed by atoms with van der Waals surface area (Å²) in [4.78, 5) is -0.245. The van der Waals surface area contributed by atoms with Crippen LogP contribution in [0, 0.1) is 0 Å². The predicted octanol–water partition coefficient (Wildman–Crippen LogP) is 3.99. The van der Waals surface area contributed by atoms with Crippen molar-refractivity contribution in [3.05, 3.63) is 58.1 Å². The van der Waals surface area contributed by atoms with Gasteiger partial charge in [0.25, 0.3) is 0 Å². The standard InChI is InChI=1S/C15H14BrF3N2O2S/c1-20-24(22,23)12-6-7-14(13(16)8-12)21-9-10-2-4-11(5-3-10)15(17,18)19/h2-8,20-21H,9H2,1H3/i1D3. The summed E-state index contributed by atoms with van der Waals surface area (Å²) in [5.41, 5.74) is 0.335. The molecule has 4 nitrogen and oxygen atoms in total. The van der Waals surface area contributed by atoms with Crippen LogP contribution in [-0.2, 0) is 22.7 Å². The Morgan fingerprint density at radius 1 is 1.17 bits per heavy atom. The Morgan fingerprint density at radius 2 is 1.83 bits per heavy atom. The monoisotopic (exact) mass is 425 g/mol. The van der Waals surface area contributed by atoms with Crippen LogP contribution in [0.3, 0.4) is 0 Å². The topological polar surface area (TPSA) is 58.2 Å². The zero-order valence-electron chi connectivity index (χ0n) is 15.0. The molecular formula is C15H14BrF3N2O2S. The number of nitrogens with one attached hydrogen (secondary N) is 2. The van der Waals surface area contributed by atoms with E-state index in [2.05, 4.69) is 21.2 Å². The highest BCUT2D eigenvalue weighted by Gasteiger charge is 2.29. The van der Waals surface area contributed by atoms with Crippen molar-refractivity contribution >= 4 is 31.6 Å². The highest BCUT2D eigenvalue weighted by molar-refractivity contribution is 9.10. The molecule has 2 aromatic rings. The average molecular weight is 426 g/mol. The molecule has 0 atom stereocenters. The van der Waals surface area contributed by atoms with E-state index in [9.17, 15) is 21.6 Å². The summed E-state index contributed by atoms with van der Waals surface area (Å²) in [6.07, 6.45) is -4.40. The number of hydrogen-bond acceptors (Lipinski definition) is 3. The largest absolute Gasteiger partial charge is 0.416 e. The van der Waals surface area contributed by atoms with Gasteiger partial charge in [0, 0.05) is 20.8 Å². The van der Waals surface area contributed by atoms with E-state index < -0.39 is 28.7 Å². The van der Waals surface area contributed by atoms with Crippen molar-refractivity contribution in [2.75, 3.05) is 12.3 Å². The maximum Gasteiger partial charge on any atom is 0.416 e. The second-order valence-electron chi connectivity index (χ2n) is 4.80. The fourth-order valence-electron chi connectivity index (χ4n) is 1.87. The summed E-state index contributed by atoms with van der Waals surface area (Å²) < 4.78 is 84.6. The van der Waals surface area contributed by atoms with E-state index in [1.54, 1.807) is 4.72 Å². The molecule has 0 saturated heterocycles. The molecule has 0 radical (unpaired) electrons. The van der Waals surface area contributed by atoms with Gasteiger partial charge in [0.05, 0.1) is 10.5 Å². The molecule has 2 N–H and O–H groups in total. The summed E-state index contributed by atoms with van der Waals surface area (Å²) in [5.74, 6) is 0. The molecule has 2 rings (SSSR count). The lowest BCUT2D eigenvalue weighted by molar-refractivity contribution is -0.137. The highest BCUT2D eigenvalue weighted by Crippen LogP contribution is 2.30. The molecular weight excluding hydrogens is 409 g/mol. The lowest BCUT2D eigenvalue weighted by Crippen LogP contribution is -2.18. The second-order valence-corrected chi connectivity index (χ2v) is 7.33. The fourth-order valence-corrected chi connectivity index (χ4v) is 3.18. The van der Waals surface area contributed by atoms with Crippen LogP contribution in [0.2, 0.25) is 0 Å². The molecule has 0 heterocycles. The van der Waals surface area contributed by atoms with Crippen LogP contribution in [0.4, 0.5) is 18.9 Å². The molecule has 0 aromatic heterocycles. The normalized spacial score (nSPS) is 14.6. The molecule has 0 saturated carbocycles. The van der Waals surface area contributed by atoms with Gasteiger partial charge in [-0.05, 0) is 58.8 Å². The minimum absolute atomic E-state index is 0.205. The van der Waals surface area contributed by atoms with Gasteiger partial charge in [-0.1, -0.05) is 12.1 Å². The molecule has 0 aliphatic carbocycles. The quantitative estimate of drug-likeness (QED) is 0.761. The lowest BCUT2D eigenvalue weighted by atomic mass is 10.1. The average Bonchev–Trinajstić information content (AvgIpc) is 2.51. The van der Waals surface area contributed by atoms with Crippen LogP contribution in [0.5, 0.6) is 0 Å². The Balaban J connectivity index is 2.10. The first-order valence-corrected chi connectivity index (χ1v) is 8.79. The number of rotatable bonds is 5. The van der Waals surface area contributed by atoms with Crippen molar-refractivity contribution < 1.29 is 25.7 Å². The number of benzene rings is 2. The number of hydrogen-bond donors (Lipinski definition) is 2. The van der Waals surface area contributed by atoms with Crippen LogP contribution in [0.25, 0.3) is 0 Å². The fraction of sp³-hybridized carbons (Fsp3) is 0.200. The van der Waals surface area contributed by atoms with Crippen molar-refractivity contribution in [1.29, 1.82) is 0 Å². The molecule has 0 spiro atoms. The zero-order valence-corrected chi connectivity index (χ0v) is 14.4. The molecule has 0 fully saturated rings. The summed E-state index contributed by atoms with van der Waals surface area (Å²) in [7, 11) is -4.22. The first-order valence-electron chi connectivity index (χ1n) is 8.01. The van der Waals surface area contributed by atoms with Gasteiger partial charge >= 0.3 is 6.18 Å². The van der Waals surface area contributed by atoms with Crippen LogP contribution >= 0.6 is 15.9 Å². The molecule has 2 aromatic carbocycles. The third kappa shape index (κ3) is 4.49. The Morgan fingerprint density at radius 3 is 2.38 bits per heavy atom. The van der Waals surface area contributed by atoms with E-state index in [1.807, 2.05) is 0 Å². The lowest BCUT2D eigenvalue weighted by Gasteiger charge is -2.11. The van der Waals surface area contributed by atoms with E-state index in [1.165, 1.54) is 30.3 Å². The molecule has 0 amide bonds. The van der Waals surface area contributed by atoms with Gasteiger partial charge in [-0.15, -0.1) is 0 Å². The van der Waals surface area contributed by atoms with Crippen LogP contribution in [-0.4, -0.2) is 15.4 Å². The number of halogens is 4. The number of alkyl halides is 3. The number of sulfonamides is 1. The third-order valence-corrected chi connectivity index (χ3v) is 4.95. The van der Waals surface area contributed by atoms with Gasteiger partial charge in [0.15, 0.2) is 0 Å². The van der Waals surface area contributed by atoms with Gasteiger partial charge in [0.1, 0.15) is 0 Å². The first-order chi connectivity index (χ1) is 12.3. The first kappa shape index (κ1) is 14.7. The SMILES string of the molecule is [2H]C([2H])([2H])NS(=O)(=O)c1ccc(NCc2ccc(C(F)(F)F)cc2)c(Br)c1. The molecule has 0 bridgehead atoms. The molecule has 0 aliphatic heterocycles. The Labute approximate surface area is 150 Å². The van der Waals surface area contributed by atoms with Gasteiger partial charge in [-0.2, -0.15) is 13.2 Å². The highest BCUT2D eigenvalue weighted by atomic mass is 79.9. The molecule has 0 aliphatic rings.